The summed E-state index contributed by atoms with van der Waals surface area (Å²) in [5.41, 5.74) is 2.25. The Morgan fingerprint density at radius 3 is 2.64 bits per heavy atom. The summed E-state index contributed by atoms with van der Waals surface area (Å²) in [5, 5.41) is 3.44. The van der Waals surface area contributed by atoms with Crippen LogP contribution in [0, 0.1) is 0 Å². The average Bonchev–Trinajstić information content (AvgIpc) is 3.04. The summed E-state index contributed by atoms with van der Waals surface area (Å²) < 4.78 is 23.0. The highest BCUT2D eigenvalue weighted by Crippen LogP contribution is 2.35. The number of nitrogens with one attached hydrogen (secondary N) is 1. The van der Waals surface area contributed by atoms with Crippen molar-refractivity contribution in [1.29, 1.82) is 0 Å². The fourth-order valence-corrected chi connectivity index (χ4v) is 3.07. The van der Waals surface area contributed by atoms with Crippen LogP contribution >= 0.6 is 15.9 Å². The molecule has 5 nitrogen and oxygen atoms in total. The van der Waals surface area contributed by atoms with Gasteiger partial charge in [-0.2, -0.15) is 0 Å². The Morgan fingerprint density at radius 1 is 1.08 bits per heavy atom. The second kappa shape index (κ2) is 7.97. The van der Waals surface area contributed by atoms with Crippen LogP contribution in [0.15, 0.2) is 34.8 Å². The molecule has 1 heterocycles. The Balaban J connectivity index is 1.64. The summed E-state index contributed by atoms with van der Waals surface area (Å²) in [6, 6.07) is 9.93. The van der Waals surface area contributed by atoms with E-state index >= 15 is 0 Å². The average molecular weight is 408 g/mol. The van der Waals surface area contributed by atoms with Gasteiger partial charge in [-0.3, -0.25) is 0 Å². The molecule has 0 unspecified atom stereocenters. The van der Waals surface area contributed by atoms with Gasteiger partial charge in [0, 0.05) is 17.6 Å². The van der Waals surface area contributed by atoms with E-state index in [1.54, 1.807) is 7.11 Å². The number of benzene rings is 2. The molecule has 0 bridgehead atoms. The molecule has 0 radical (unpaired) electrons. The summed E-state index contributed by atoms with van der Waals surface area (Å²) in [4.78, 5) is 0. The van der Waals surface area contributed by atoms with Crippen molar-refractivity contribution >= 4 is 15.9 Å². The zero-order chi connectivity index (χ0) is 17.8. The molecule has 3 rings (SSSR count). The van der Waals surface area contributed by atoms with E-state index in [2.05, 4.69) is 21.2 Å². The van der Waals surface area contributed by atoms with Crippen molar-refractivity contribution in [2.45, 2.75) is 33.0 Å². The molecule has 134 valence electrons. The summed E-state index contributed by atoms with van der Waals surface area (Å²) in [6.07, 6.45) is 0.0933. The molecule has 0 fully saturated rings. The molecule has 0 spiro atoms. The maximum atomic E-state index is 5.79. The van der Waals surface area contributed by atoms with Crippen molar-refractivity contribution in [2.75, 3.05) is 13.9 Å². The van der Waals surface area contributed by atoms with Crippen molar-refractivity contribution < 1.29 is 18.9 Å². The molecular weight excluding hydrogens is 386 g/mol. The van der Waals surface area contributed by atoms with E-state index in [0.717, 1.165) is 45.1 Å². The first-order valence-corrected chi connectivity index (χ1v) is 8.98. The van der Waals surface area contributed by atoms with Gasteiger partial charge in [-0.15, -0.1) is 0 Å². The van der Waals surface area contributed by atoms with Crippen molar-refractivity contribution in [3.8, 4) is 23.0 Å². The lowest BCUT2D eigenvalue weighted by Crippen LogP contribution is -2.13. The van der Waals surface area contributed by atoms with Crippen LogP contribution in [0.1, 0.15) is 25.0 Å². The molecule has 1 aliphatic rings. The fraction of sp³-hybridized carbons (Fsp3) is 0.368. The number of fused-ring (bicyclic) bond motifs is 1. The predicted molar refractivity (Wildman–Crippen MR) is 99.6 cm³/mol. The van der Waals surface area contributed by atoms with Crippen molar-refractivity contribution in [3.05, 3.63) is 45.9 Å². The van der Waals surface area contributed by atoms with E-state index in [1.807, 2.05) is 44.2 Å². The van der Waals surface area contributed by atoms with Gasteiger partial charge < -0.3 is 24.3 Å². The van der Waals surface area contributed by atoms with Crippen molar-refractivity contribution in [2.24, 2.45) is 0 Å². The zero-order valence-electron chi connectivity index (χ0n) is 14.6. The highest BCUT2D eigenvalue weighted by atomic mass is 79.9. The van der Waals surface area contributed by atoms with Crippen LogP contribution in [0.5, 0.6) is 23.0 Å². The minimum absolute atomic E-state index is 0.0933. The number of rotatable bonds is 7. The quantitative estimate of drug-likeness (QED) is 0.742. The molecule has 25 heavy (non-hydrogen) atoms. The van der Waals surface area contributed by atoms with Gasteiger partial charge in [0.15, 0.2) is 23.0 Å². The van der Waals surface area contributed by atoms with Gasteiger partial charge in [0.2, 0.25) is 6.79 Å². The van der Waals surface area contributed by atoms with Crippen LogP contribution in [0.25, 0.3) is 0 Å². The molecule has 6 heteroatoms. The normalized spacial score (nSPS) is 12.5. The van der Waals surface area contributed by atoms with Crippen LogP contribution in [-0.2, 0) is 13.1 Å². The lowest BCUT2D eigenvalue weighted by atomic mass is 10.1. The van der Waals surface area contributed by atoms with E-state index in [-0.39, 0.29) is 6.10 Å². The third kappa shape index (κ3) is 4.38. The molecule has 0 saturated carbocycles. The van der Waals surface area contributed by atoms with Crippen LogP contribution in [0.3, 0.4) is 0 Å². The molecule has 1 aliphatic heterocycles. The Morgan fingerprint density at radius 2 is 1.88 bits per heavy atom. The molecule has 0 aliphatic carbocycles. The van der Waals surface area contributed by atoms with Gasteiger partial charge in [-0.1, -0.05) is 22.0 Å². The second-order valence-corrected chi connectivity index (χ2v) is 6.91. The number of hydrogen-bond donors (Lipinski definition) is 1. The molecule has 2 aromatic rings. The predicted octanol–water partition coefficient (Wildman–Crippen LogP) is 4.26. The first-order valence-electron chi connectivity index (χ1n) is 8.19. The smallest absolute Gasteiger partial charge is 0.231 e. The maximum absolute atomic E-state index is 5.79. The van der Waals surface area contributed by atoms with Gasteiger partial charge in [-0.05, 0) is 49.2 Å². The van der Waals surface area contributed by atoms with E-state index in [9.17, 15) is 0 Å². The molecule has 0 amide bonds. The topological polar surface area (TPSA) is 49.0 Å². The third-order valence-corrected chi connectivity index (χ3v) is 4.52. The van der Waals surface area contributed by atoms with Crippen molar-refractivity contribution in [3.63, 3.8) is 0 Å². The Hall–Kier alpha value is -1.92. The van der Waals surface area contributed by atoms with Crippen LogP contribution in [0.2, 0.25) is 0 Å². The van der Waals surface area contributed by atoms with Gasteiger partial charge in [0.1, 0.15) is 0 Å². The minimum atomic E-state index is 0.0933. The third-order valence-electron chi connectivity index (χ3n) is 3.78. The van der Waals surface area contributed by atoms with Crippen molar-refractivity contribution in [1.82, 2.24) is 5.32 Å². The van der Waals surface area contributed by atoms with Gasteiger partial charge in [0.05, 0.1) is 13.2 Å². The van der Waals surface area contributed by atoms with E-state index in [4.69, 9.17) is 18.9 Å². The Labute approximate surface area is 156 Å². The summed E-state index contributed by atoms with van der Waals surface area (Å²) >= 11 is 3.62. The highest BCUT2D eigenvalue weighted by Gasteiger charge is 2.14. The number of ether oxygens (including phenoxy) is 4. The summed E-state index contributed by atoms with van der Waals surface area (Å²) in [7, 11) is 1.65. The van der Waals surface area contributed by atoms with Crippen LogP contribution in [-0.4, -0.2) is 20.0 Å². The molecular formula is C19H22BrNO4. The van der Waals surface area contributed by atoms with E-state index in [0.29, 0.717) is 13.3 Å². The highest BCUT2D eigenvalue weighted by molar-refractivity contribution is 9.10. The number of hydrogen-bond acceptors (Lipinski definition) is 5. The standard InChI is InChI=1S/C19H22BrNO4/c1-12(2)25-19-8-15(20)14(7-17(19)22-3)10-21-9-13-4-5-16-18(6-13)24-11-23-16/h4-8,12,21H,9-11H2,1-3H3. The molecule has 0 aromatic heterocycles. The zero-order valence-corrected chi connectivity index (χ0v) is 16.2. The van der Waals surface area contributed by atoms with Crippen LogP contribution < -0.4 is 24.3 Å². The first kappa shape index (κ1) is 17.9. The summed E-state index contributed by atoms with van der Waals surface area (Å²) in [5.74, 6) is 3.08. The molecule has 2 aromatic carbocycles. The van der Waals surface area contributed by atoms with Gasteiger partial charge >= 0.3 is 0 Å². The van der Waals surface area contributed by atoms with E-state index < -0.39 is 0 Å². The maximum Gasteiger partial charge on any atom is 0.231 e. The monoisotopic (exact) mass is 407 g/mol. The van der Waals surface area contributed by atoms with Gasteiger partial charge in [0.25, 0.3) is 0 Å². The van der Waals surface area contributed by atoms with Gasteiger partial charge in [-0.25, -0.2) is 0 Å². The van der Waals surface area contributed by atoms with E-state index in [1.165, 1.54) is 0 Å². The Bertz CT molecular complexity index is 748. The summed E-state index contributed by atoms with van der Waals surface area (Å²) in [6.45, 7) is 5.72. The molecule has 0 saturated heterocycles. The largest absolute Gasteiger partial charge is 0.493 e. The second-order valence-electron chi connectivity index (χ2n) is 6.05. The van der Waals surface area contributed by atoms with Crippen LogP contribution in [0.4, 0.5) is 0 Å². The number of halogens is 1. The number of methoxy groups -OCH3 is 1. The fourth-order valence-electron chi connectivity index (χ4n) is 2.61. The SMILES string of the molecule is COc1cc(CNCc2ccc3c(c2)OCO3)c(Br)cc1OC(C)C. The lowest BCUT2D eigenvalue weighted by Gasteiger charge is -2.16. The Kier molecular flexibility index (Phi) is 5.71. The minimum Gasteiger partial charge on any atom is -0.493 e. The molecule has 1 N–H and O–H groups in total. The molecule has 0 atom stereocenters. The lowest BCUT2D eigenvalue weighted by molar-refractivity contribution is 0.174. The first-order chi connectivity index (χ1) is 12.1.